The zero-order valence-corrected chi connectivity index (χ0v) is 12.3. The monoisotopic (exact) mass is 282 g/mol. The van der Waals surface area contributed by atoms with Gasteiger partial charge in [-0.05, 0) is 30.9 Å². The van der Waals surface area contributed by atoms with Gasteiger partial charge in [0.15, 0.2) is 0 Å². The molecule has 0 unspecified atom stereocenters. The molecule has 0 spiro atoms. The first kappa shape index (κ1) is 14.0. The molecule has 2 heterocycles. The fourth-order valence-corrected chi connectivity index (χ4v) is 2.96. The van der Waals surface area contributed by atoms with Crippen molar-refractivity contribution in [2.45, 2.75) is 19.4 Å². The fourth-order valence-electron chi connectivity index (χ4n) is 2.96. The summed E-state index contributed by atoms with van der Waals surface area (Å²) < 4.78 is 1.95. The Morgan fingerprint density at radius 1 is 1.24 bits per heavy atom. The summed E-state index contributed by atoms with van der Waals surface area (Å²) in [6.07, 6.45) is 10.5. The fraction of sp³-hybridized carbons (Fsp3) is 0.412. The quantitative estimate of drug-likeness (QED) is 0.845. The maximum absolute atomic E-state index is 4.21. The first-order valence-electron chi connectivity index (χ1n) is 7.66. The number of aromatic nitrogens is 3. The van der Waals surface area contributed by atoms with E-state index in [0.29, 0.717) is 5.92 Å². The minimum absolute atomic E-state index is 0.686. The molecule has 1 fully saturated rings. The number of nitrogens with zero attached hydrogens (tertiary/aromatic N) is 4. The molecular formula is C17H22N4. The molecule has 0 radical (unpaired) electrons. The van der Waals surface area contributed by atoms with Crippen LogP contribution in [-0.2, 0) is 6.54 Å². The molecule has 1 atom stereocenters. The third-order valence-electron chi connectivity index (χ3n) is 3.99. The summed E-state index contributed by atoms with van der Waals surface area (Å²) in [5.74, 6) is 0.686. The van der Waals surface area contributed by atoms with Crippen molar-refractivity contribution in [3.05, 3.63) is 54.6 Å². The molecule has 2 aromatic rings. The third kappa shape index (κ3) is 4.26. The van der Waals surface area contributed by atoms with E-state index >= 15 is 0 Å². The lowest BCUT2D eigenvalue weighted by Gasteiger charge is -2.31. The van der Waals surface area contributed by atoms with Crippen LogP contribution < -0.4 is 0 Å². The van der Waals surface area contributed by atoms with Gasteiger partial charge in [0.2, 0.25) is 0 Å². The van der Waals surface area contributed by atoms with Gasteiger partial charge >= 0.3 is 0 Å². The number of likely N-dealkylation sites (tertiary alicyclic amines) is 1. The maximum Gasteiger partial charge on any atom is 0.137 e. The highest BCUT2D eigenvalue weighted by atomic mass is 15.3. The van der Waals surface area contributed by atoms with Crippen LogP contribution in [-0.4, -0.2) is 39.3 Å². The van der Waals surface area contributed by atoms with Crippen molar-refractivity contribution in [1.82, 2.24) is 19.7 Å². The largest absolute Gasteiger partial charge is 0.299 e. The van der Waals surface area contributed by atoms with E-state index < -0.39 is 0 Å². The van der Waals surface area contributed by atoms with Crippen molar-refractivity contribution in [1.29, 1.82) is 0 Å². The zero-order chi connectivity index (χ0) is 14.3. The van der Waals surface area contributed by atoms with Crippen LogP contribution in [0, 0.1) is 5.92 Å². The predicted molar refractivity (Wildman–Crippen MR) is 84.7 cm³/mol. The lowest BCUT2D eigenvalue weighted by atomic mass is 9.98. The number of hydrogen-bond acceptors (Lipinski definition) is 3. The van der Waals surface area contributed by atoms with Crippen molar-refractivity contribution >= 4 is 6.08 Å². The molecule has 1 aliphatic rings. The molecule has 1 aliphatic heterocycles. The minimum atomic E-state index is 0.686. The first-order valence-corrected chi connectivity index (χ1v) is 7.66. The Morgan fingerprint density at radius 3 is 2.95 bits per heavy atom. The maximum atomic E-state index is 4.21. The van der Waals surface area contributed by atoms with Gasteiger partial charge in [0.1, 0.15) is 12.7 Å². The third-order valence-corrected chi connectivity index (χ3v) is 3.99. The Kier molecular flexibility index (Phi) is 4.79. The predicted octanol–water partition coefficient (Wildman–Crippen LogP) is 2.70. The van der Waals surface area contributed by atoms with E-state index in [4.69, 9.17) is 0 Å². The second-order valence-corrected chi connectivity index (χ2v) is 5.70. The summed E-state index contributed by atoms with van der Waals surface area (Å²) in [4.78, 5) is 6.55. The Balaban J connectivity index is 1.48. The average molecular weight is 282 g/mol. The van der Waals surface area contributed by atoms with Crippen molar-refractivity contribution in [3.8, 4) is 0 Å². The van der Waals surface area contributed by atoms with Crippen LogP contribution in [0.4, 0.5) is 0 Å². The Hall–Kier alpha value is -1.94. The highest BCUT2D eigenvalue weighted by Gasteiger charge is 2.19. The summed E-state index contributed by atoms with van der Waals surface area (Å²) >= 11 is 0. The second-order valence-electron chi connectivity index (χ2n) is 5.70. The zero-order valence-electron chi connectivity index (χ0n) is 12.3. The number of piperidine rings is 1. The van der Waals surface area contributed by atoms with Crippen LogP contribution in [0.5, 0.6) is 0 Å². The molecular weight excluding hydrogens is 260 g/mol. The Morgan fingerprint density at radius 2 is 2.14 bits per heavy atom. The molecule has 0 aliphatic carbocycles. The number of hydrogen-bond donors (Lipinski definition) is 0. The summed E-state index contributed by atoms with van der Waals surface area (Å²) in [5.41, 5.74) is 1.27. The normalized spacial score (nSPS) is 20.1. The summed E-state index contributed by atoms with van der Waals surface area (Å²) in [5, 5.41) is 4.21. The van der Waals surface area contributed by atoms with Crippen molar-refractivity contribution in [3.63, 3.8) is 0 Å². The molecule has 3 rings (SSSR count). The van der Waals surface area contributed by atoms with E-state index in [1.165, 1.54) is 24.9 Å². The van der Waals surface area contributed by atoms with Crippen LogP contribution in [0.3, 0.4) is 0 Å². The van der Waals surface area contributed by atoms with Crippen LogP contribution in [0.2, 0.25) is 0 Å². The topological polar surface area (TPSA) is 34.0 Å². The first-order chi connectivity index (χ1) is 10.4. The molecule has 0 amide bonds. The van der Waals surface area contributed by atoms with E-state index in [1.54, 1.807) is 6.33 Å². The Labute approximate surface area is 126 Å². The summed E-state index contributed by atoms with van der Waals surface area (Å²) in [7, 11) is 0. The van der Waals surface area contributed by atoms with Crippen LogP contribution >= 0.6 is 0 Å². The van der Waals surface area contributed by atoms with Crippen LogP contribution in [0.1, 0.15) is 18.4 Å². The summed E-state index contributed by atoms with van der Waals surface area (Å²) in [6.45, 7) is 4.37. The molecule has 110 valence electrons. The lowest BCUT2D eigenvalue weighted by Crippen LogP contribution is -2.37. The molecule has 0 saturated carbocycles. The highest BCUT2D eigenvalue weighted by Crippen LogP contribution is 2.17. The van der Waals surface area contributed by atoms with Gasteiger partial charge in [-0.1, -0.05) is 42.5 Å². The smallest absolute Gasteiger partial charge is 0.137 e. The van der Waals surface area contributed by atoms with Gasteiger partial charge in [-0.2, -0.15) is 5.10 Å². The molecule has 1 aromatic carbocycles. The van der Waals surface area contributed by atoms with Gasteiger partial charge in [0.25, 0.3) is 0 Å². The van der Waals surface area contributed by atoms with Gasteiger partial charge in [-0.3, -0.25) is 9.58 Å². The van der Waals surface area contributed by atoms with Crippen LogP contribution in [0.15, 0.2) is 49.1 Å². The van der Waals surface area contributed by atoms with E-state index in [1.807, 2.05) is 11.0 Å². The molecule has 4 nitrogen and oxygen atoms in total. The molecule has 1 saturated heterocycles. The molecule has 21 heavy (non-hydrogen) atoms. The van der Waals surface area contributed by atoms with Crippen molar-refractivity contribution in [2.75, 3.05) is 19.6 Å². The van der Waals surface area contributed by atoms with E-state index in [-0.39, 0.29) is 0 Å². The number of rotatable bonds is 5. The number of benzene rings is 1. The van der Waals surface area contributed by atoms with Crippen molar-refractivity contribution < 1.29 is 0 Å². The minimum Gasteiger partial charge on any atom is -0.299 e. The Bertz CT molecular complexity index is 547. The molecule has 0 N–H and O–H groups in total. The van der Waals surface area contributed by atoms with E-state index in [2.05, 4.69) is 57.5 Å². The van der Waals surface area contributed by atoms with E-state index in [0.717, 1.165) is 19.6 Å². The second kappa shape index (κ2) is 7.18. The van der Waals surface area contributed by atoms with Crippen molar-refractivity contribution in [2.24, 2.45) is 5.92 Å². The SMILES string of the molecule is C(=C\c1ccccc1)/CN1CCC[C@@H](Cn2cncn2)C1. The van der Waals surface area contributed by atoms with Gasteiger partial charge in [-0.15, -0.1) is 0 Å². The van der Waals surface area contributed by atoms with Gasteiger partial charge < -0.3 is 0 Å². The van der Waals surface area contributed by atoms with Gasteiger partial charge in [0.05, 0.1) is 0 Å². The standard InChI is InChI=1S/C17H22N4/c1-2-6-16(7-3-1)8-4-10-20-11-5-9-17(12-20)13-21-15-18-14-19-21/h1-4,6-8,14-15,17H,5,9-13H2/b8-4+/t17-/m1/s1. The van der Waals surface area contributed by atoms with E-state index in [9.17, 15) is 0 Å². The highest BCUT2D eigenvalue weighted by molar-refractivity contribution is 5.48. The summed E-state index contributed by atoms with van der Waals surface area (Å²) in [6, 6.07) is 10.5. The molecule has 4 heteroatoms. The van der Waals surface area contributed by atoms with Gasteiger partial charge in [0, 0.05) is 19.6 Å². The lowest BCUT2D eigenvalue weighted by molar-refractivity contribution is 0.174. The van der Waals surface area contributed by atoms with Gasteiger partial charge in [-0.25, -0.2) is 4.98 Å². The average Bonchev–Trinajstić information content (AvgIpc) is 3.02. The molecule has 0 bridgehead atoms. The molecule has 1 aromatic heterocycles. The van der Waals surface area contributed by atoms with Crippen LogP contribution in [0.25, 0.3) is 6.08 Å².